The zero-order valence-electron chi connectivity index (χ0n) is 12.6. The SMILES string of the molecule is CCCOc1cncc(NC2(CN)CCCC(C)C2)n1. The first-order valence-electron chi connectivity index (χ1n) is 7.60. The molecule has 2 atom stereocenters. The Labute approximate surface area is 121 Å². The minimum absolute atomic E-state index is 0.0459. The third-order valence-corrected chi connectivity index (χ3v) is 3.94. The monoisotopic (exact) mass is 278 g/mol. The molecule has 1 aromatic rings. The molecule has 1 saturated carbocycles. The number of anilines is 1. The van der Waals surface area contributed by atoms with Gasteiger partial charge in [-0.25, -0.2) is 0 Å². The van der Waals surface area contributed by atoms with E-state index in [1.807, 2.05) is 0 Å². The lowest BCUT2D eigenvalue weighted by Gasteiger charge is -2.40. The van der Waals surface area contributed by atoms with Crippen LogP contribution in [0.15, 0.2) is 12.4 Å². The molecule has 5 nitrogen and oxygen atoms in total. The van der Waals surface area contributed by atoms with Crippen molar-refractivity contribution in [3.8, 4) is 5.88 Å². The Morgan fingerprint density at radius 2 is 2.35 bits per heavy atom. The van der Waals surface area contributed by atoms with E-state index in [0.717, 1.165) is 25.1 Å². The van der Waals surface area contributed by atoms with E-state index in [-0.39, 0.29) is 5.54 Å². The summed E-state index contributed by atoms with van der Waals surface area (Å²) in [5.41, 5.74) is 5.98. The van der Waals surface area contributed by atoms with Gasteiger partial charge >= 0.3 is 0 Å². The van der Waals surface area contributed by atoms with Crippen molar-refractivity contribution in [1.82, 2.24) is 9.97 Å². The van der Waals surface area contributed by atoms with Crippen molar-refractivity contribution in [3.63, 3.8) is 0 Å². The van der Waals surface area contributed by atoms with Gasteiger partial charge in [-0.1, -0.05) is 26.7 Å². The molecule has 112 valence electrons. The van der Waals surface area contributed by atoms with Gasteiger partial charge < -0.3 is 15.8 Å². The molecule has 0 aliphatic heterocycles. The Morgan fingerprint density at radius 3 is 3.05 bits per heavy atom. The fourth-order valence-corrected chi connectivity index (χ4v) is 2.97. The van der Waals surface area contributed by atoms with Crippen LogP contribution in [0.5, 0.6) is 5.88 Å². The van der Waals surface area contributed by atoms with Crippen LogP contribution in [0, 0.1) is 5.92 Å². The number of aromatic nitrogens is 2. The third kappa shape index (κ3) is 3.82. The van der Waals surface area contributed by atoms with Crippen LogP contribution >= 0.6 is 0 Å². The largest absolute Gasteiger partial charge is 0.477 e. The van der Waals surface area contributed by atoms with Gasteiger partial charge in [0.05, 0.1) is 24.5 Å². The van der Waals surface area contributed by atoms with Crippen LogP contribution in [-0.2, 0) is 0 Å². The molecular formula is C15H26N4O. The lowest BCUT2D eigenvalue weighted by atomic mass is 9.76. The fourth-order valence-electron chi connectivity index (χ4n) is 2.97. The molecule has 2 rings (SSSR count). The van der Waals surface area contributed by atoms with Crippen molar-refractivity contribution in [1.29, 1.82) is 0 Å². The fraction of sp³-hybridized carbons (Fsp3) is 0.733. The zero-order valence-corrected chi connectivity index (χ0v) is 12.6. The summed E-state index contributed by atoms with van der Waals surface area (Å²) in [4.78, 5) is 8.67. The Kier molecular flexibility index (Phi) is 5.17. The molecule has 0 radical (unpaired) electrons. The second-order valence-electron chi connectivity index (χ2n) is 5.90. The Balaban J connectivity index is 2.07. The first kappa shape index (κ1) is 15.0. The second-order valence-corrected chi connectivity index (χ2v) is 5.90. The summed E-state index contributed by atoms with van der Waals surface area (Å²) in [5.74, 6) is 2.04. The minimum atomic E-state index is -0.0459. The molecule has 5 heteroatoms. The van der Waals surface area contributed by atoms with E-state index in [9.17, 15) is 0 Å². The standard InChI is InChI=1S/C15H26N4O/c1-3-7-20-14-10-17-9-13(18-14)19-15(11-16)6-4-5-12(2)8-15/h9-10,12H,3-8,11,16H2,1-2H3,(H,18,19). The molecule has 0 saturated heterocycles. The molecule has 0 bridgehead atoms. The minimum Gasteiger partial charge on any atom is -0.477 e. The maximum absolute atomic E-state index is 6.02. The topological polar surface area (TPSA) is 73.1 Å². The summed E-state index contributed by atoms with van der Waals surface area (Å²) in [6.07, 6.45) is 9.04. The van der Waals surface area contributed by atoms with Crippen LogP contribution in [0.3, 0.4) is 0 Å². The highest BCUT2D eigenvalue weighted by Crippen LogP contribution is 2.34. The van der Waals surface area contributed by atoms with E-state index in [2.05, 4.69) is 29.1 Å². The van der Waals surface area contributed by atoms with Crippen molar-refractivity contribution in [2.45, 2.75) is 51.5 Å². The molecule has 1 aliphatic rings. The summed E-state index contributed by atoms with van der Waals surface area (Å²) in [7, 11) is 0. The molecule has 20 heavy (non-hydrogen) atoms. The van der Waals surface area contributed by atoms with Crippen LogP contribution < -0.4 is 15.8 Å². The van der Waals surface area contributed by atoms with Gasteiger partial charge in [0, 0.05) is 6.54 Å². The van der Waals surface area contributed by atoms with E-state index < -0.39 is 0 Å². The Bertz CT molecular complexity index is 426. The number of rotatable bonds is 6. The highest BCUT2D eigenvalue weighted by Gasteiger charge is 2.34. The number of nitrogens with one attached hydrogen (secondary N) is 1. The second kappa shape index (κ2) is 6.88. The Morgan fingerprint density at radius 1 is 1.50 bits per heavy atom. The summed E-state index contributed by atoms with van der Waals surface area (Å²) in [5, 5.41) is 3.51. The molecule has 0 spiro atoms. The van der Waals surface area contributed by atoms with Gasteiger partial charge in [0.1, 0.15) is 5.82 Å². The summed E-state index contributed by atoms with van der Waals surface area (Å²) in [6.45, 7) is 5.65. The van der Waals surface area contributed by atoms with Crippen LogP contribution in [-0.4, -0.2) is 28.7 Å². The predicted molar refractivity (Wildman–Crippen MR) is 80.9 cm³/mol. The van der Waals surface area contributed by atoms with Gasteiger partial charge in [0.25, 0.3) is 0 Å². The highest BCUT2D eigenvalue weighted by molar-refractivity contribution is 5.37. The van der Waals surface area contributed by atoms with E-state index in [1.165, 1.54) is 12.8 Å². The van der Waals surface area contributed by atoms with Crippen molar-refractivity contribution >= 4 is 5.82 Å². The molecule has 3 N–H and O–H groups in total. The van der Waals surface area contributed by atoms with E-state index in [4.69, 9.17) is 10.5 Å². The predicted octanol–water partition coefficient (Wildman–Crippen LogP) is 2.58. The van der Waals surface area contributed by atoms with Crippen LogP contribution in [0.4, 0.5) is 5.82 Å². The van der Waals surface area contributed by atoms with Crippen molar-refractivity contribution in [2.24, 2.45) is 11.7 Å². The molecule has 1 aromatic heterocycles. The molecule has 1 fully saturated rings. The van der Waals surface area contributed by atoms with Crippen molar-refractivity contribution in [2.75, 3.05) is 18.5 Å². The Hall–Kier alpha value is -1.36. The van der Waals surface area contributed by atoms with E-state index >= 15 is 0 Å². The molecule has 2 unspecified atom stereocenters. The van der Waals surface area contributed by atoms with Gasteiger partial charge in [0.15, 0.2) is 0 Å². The number of nitrogens with zero attached hydrogens (tertiary/aromatic N) is 2. The molecule has 0 amide bonds. The summed E-state index contributed by atoms with van der Waals surface area (Å²) >= 11 is 0. The van der Waals surface area contributed by atoms with Crippen molar-refractivity contribution in [3.05, 3.63) is 12.4 Å². The average molecular weight is 278 g/mol. The zero-order chi connectivity index (χ0) is 14.4. The smallest absolute Gasteiger partial charge is 0.234 e. The maximum Gasteiger partial charge on any atom is 0.234 e. The van der Waals surface area contributed by atoms with Gasteiger partial charge in [-0.05, 0) is 25.2 Å². The van der Waals surface area contributed by atoms with E-state index in [1.54, 1.807) is 12.4 Å². The molecule has 0 aromatic carbocycles. The number of hydrogen-bond donors (Lipinski definition) is 2. The summed E-state index contributed by atoms with van der Waals surface area (Å²) < 4.78 is 5.53. The van der Waals surface area contributed by atoms with Gasteiger partial charge in [-0.3, -0.25) is 4.98 Å². The summed E-state index contributed by atoms with van der Waals surface area (Å²) in [6, 6.07) is 0. The lowest BCUT2D eigenvalue weighted by Crippen LogP contribution is -2.48. The normalized spacial score (nSPS) is 26.2. The van der Waals surface area contributed by atoms with Crippen LogP contribution in [0.1, 0.15) is 46.0 Å². The van der Waals surface area contributed by atoms with Gasteiger partial charge in [0.2, 0.25) is 5.88 Å². The number of hydrogen-bond acceptors (Lipinski definition) is 5. The van der Waals surface area contributed by atoms with Crippen LogP contribution in [0.25, 0.3) is 0 Å². The third-order valence-electron chi connectivity index (χ3n) is 3.94. The quantitative estimate of drug-likeness (QED) is 0.836. The van der Waals surface area contributed by atoms with Crippen LogP contribution in [0.2, 0.25) is 0 Å². The number of ether oxygens (including phenoxy) is 1. The van der Waals surface area contributed by atoms with Gasteiger partial charge in [-0.2, -0.15) is 4.98 Å². The van der Waals surface area contributed by atoms with Gasteiger partial charge in [-0.15, -0.1) is 0 Å². The molecular weight excluding hydrogens is 252 g/mol. The lowest BCUT2D eigenvalue weighted by molar-refractivity contribution is 0.262. The number of nitrogens with two attached hydrogens (primary N) is 1. The molecule has 1 heterocycles. The van der Waals surface area contributed by atoms with Crippen molar-refractivity contribution < 1.29 is 4.74 Å². The first-order valence-corrected chi connectivity index (χ1v) is 7.60. The highest BCUT2D eigenvalue weighted by atomic mass is 16.5. The first-order chi connectivity index (χ1) is 9.67. The maximum atomic E-state index is 6.02. The molecule has 1 aliphatic carbocycles. The van der Waals surface area contributed by atoms with E-state index in [0.29, 0.717) is 24.9 Å². The average Bonchev–Trinajstić information content (AvgIpc) is 2.45.